The average molecular weight is 260 g/mol. The monoisotopic (exact) mass is 260 g/mol. The Bertz CT molecular complexity index is 508. The van der Waals surface area contributed by atoms with Crippen LogP contribution in [0.2, 0.25) is 0 Å². The van der Waals surface area contributed by atoms with Crippen LogP contribution in [0.5, 0.6) is 0 Å². The van der Waals surface area contributed by atoms with Gasteiger partial charge in [-0.15, -0.1) is 0 Å². The largest absolute Gasteiger partial charge is 0.366 e. The van der Waals surface area contributed by atoms with Crippen molar-refractivity contribution in [1.82, 2.24) is 20.3 Å². The topological polar surface area (TPSA) is 68.9 Å². The van der Waals surface area contributed by atoms with E-state index in [-0.39, 0.29) is 0 Å². The molecule has 0 radical (unpaired) electrons. The molecule has 0 saturated carbocycles. The van der Waals surface area contributed by atoms with Crippen molar-refractivity contribution in [2.24, 2.45) is 0 Å². The first kappa shape index (κ1) is 13.4. The highest BCUT2D eigenvalue weighted by Crippen LogP contribution is 2.18. The van der Waals surface area contributed by atoms with Gasteiger partial charge in [-0.25, -0.2) is 9.97 Å². The summed E-state index contributed by atoms with van der Waals surface area (Å²) in [5, 5.41) is 6.38. The van der Waals surface area contributed by atoms with Gasteiger partial charge < -0.3 is 20.5 Å². The molecule has 19 heavy (non-hydrogen) atoms. The maximum atomic E-state index is 4.46. The smallest absolute Gasteiger partial charge is 0.136 e. The van der Waals surface area contributed by atoms with Crippen molar-refractivity contribution in [3.8, 4) is 0 Å². The minimum atomic E-state index is 0.756. The highest BCUT2D eigenvalue weighted by atomic mass is 15.2. The van der Waals surface area contributed by atoms with E-state index in [2.05, 4.69) is 30.5 Å². The molecule has 2 heterocycles. The second-order valence-electron chi connectivity index (χ2n) is 4.41. The van der Waals surface area contributed by atoms with Crippen LogP contribution in [-0.2, 0) is 0 Å². The van der Waals surface area contributed by atoms with E-state index >= 15 is 0 Å². The molecule has 102 valence electrons. The zero-order chi connectivity index (χ0) is 13.7. The van der Waals surface area contributed by atoms with E-state index in [1.165, 1.54) is 0 Å². The van der Waals surface area contributed by atoms with Crippen LogP contribution in [0.4, 0.5) is 17.3 Å². The average Bonchev–Trinajstić information content (AvgIpc) is 2.88. The van der Waals surface area contributed by atoms with Crippen molar-refractivity contribution in [1.29, 1.82) is 0 Å². The molecule has 0 aromatic carbocycles. The zero-order valence-corrected chi connectivity index (χ0v) is 11.6. The second kappa shape index (κ2) is 6.19. The Balaban J connectivity index is 2.14. The first-order valence-electron chi connectivity index (χ1n) is 6.30. The quantitative estimate of drug-likeness (QED) is 0.734. The third kappa shape index (κ3) is 3.69. The van der Waals surface area contributed by atoms with Gasteiger partial charge in [0.1, 0.15) is 17.5 Å². The lowest BCUT2D eigenvalue weighted by atomic mass is 10.4. The predicted molar refractivity (Wildman–Crippen MR) is 78.0 cm³/mol. The lowest BCUT2D eigenvalue weighted by molar-refractivity contribution is 0.759. The summed E-state index contributed by atoms with van der Waals surface area (Å²) >= 11 is 0. The van der Waals surface area contributed by atoms with Crippen LogP contribution >= 0.6 is 0 Å². The second-order valence-corrected chi connectivity index (χ2v) is 4.41. The molecule has 0 amide bonds. The van der Waals surface area contributed by atoms with E-state index in [4.69, 9.17) is 0 Å². The number of hydrogen-bond donors (Lipinski definition) is 3. The molecule has 0 aliphatic rings. The summed E-state index contributed by atoms with van der Waals surface area (Å²) in [5.74, 6) is 2.48. The van der Waals surface area contributed by atoms with Gasteiger partial charge in [-0.2, -0.15) is 0 Å². The lowest BCUT2D eigenvalue weighted by Crippen LogP contribution is -2.28. The number of hydrogen-bond acceptors (Lipinski definition) is 5. The van der Waals surface area contributed by atoms with E-state index in [0.29, 0.717) is 0 Å². The van der Waals surface area contributed by atoms with Crippen LogP contribution < -0.4 is 15.5 Å². The minimum Gasteiger partial charge on any atom is -0.366 e. The fourth-order valence-electron chi connectivity index (χ4n) is 1.76. The molecule has 0 spiro atoms. The van der Waals surface area contributed by atoms with E-state index in [0.717, 1.165) is 36.2 Å². The fourth-order valence-corrected chi connectivity index (χ4v) is 1.76. The van der Waals surface area contributed by atoms with Crippen LogP contribution in [-0.4, -0.2) is 42.1 Å². The molecule has 0 aliphatic carbocycles. The summed E-state index contributed by atoms with van der Waals surface area (Å²) < 4.78 is 0. The molecule has 0 fully saturated rings. The van der Waals surface area contributed by atoms with Gasteiger partial charge in [-0.05, 0) is 20.0 Å². The third-order valence-corrected chi connectivity index (χ3v) is 2.78. The Kier molecular flexibility index (Phi) is 4.35. The molecule has 0 saturated heterocycles. The Labute approximate surface area is 113 Å². The number of aromatic amines is 1. The SMILES string of the molecule is CNCCN(C)c1cc(Nc2cc[nH]c2)nc(C)n1. The van der Waals surface area contributed by atoms with Gasteiger partial charge in [0.25, 0.3) is 0 Å². The fraction of sp³-hybridized carbons (Fsp3) is 0.385. The third-order valence-electron chi connectivity index (χ3n) is 2.78. The normalized spacial score (nSPS) is 10.5. The zero-order valence-electron chi connectivity index (χ0n) is 11.6. The Morgan fingerprint density at radius 1 is 1.37 bits per heavy atom. The lowest BCUT2D eigenvalue weighted by Gasteiger charge is -2.19. The molecule has 2 rings (SSSR count). The van der Waals surface area contributed by atoms with Gasteiger partial charge in [0.05, 0.1) is 5.69 Å². The van der Waals surface area contributed by atoms with Gasteiger partial charge >= 0.3 is 0 Å². The van der Waals surface area contributed by atoms with E-state index in [9.17, 15) is 0 Å². The molecule has 0 bridgehead atoms. The van der Waals surface area contributed by atoms with Crippen molar-refractivity contribution in [3.05, 3.63) is 30.4 Å². The summed E-state index contributed by atoms with van der Waals surface area (Å²) in [4.78, 5) is 14.0. The molecule has 3 N–H and O–H groups in total. The number of aromatic nitrogens is 3. The van der Waals surface area contributed by atoms with Crippen molar-refractivity contribution in [2.75, 3.05) is 37.4 Å². The Hall–Kier alpha value is -2.08. The molecule has 2 aromatic heterocycles. The van der Waals surface area contributed by atoms with Crippen molar-refractivity contribution in [2.45, 2.75) is 6.92 Å². The number of H-pyrrole nitrogens is 1. The van der Waals surface area contributed by atoms with E-state index in [1.807, 2.05) is 45.5 Å². The van der Waals surface area contributed by atoms with Crippen molar-refractivity contribution in [3.63, 3.8) is 0 Å². The van der Waals surface area contributed by atoms with Crippen LogP contribution in [0.3, 0.4) is 0 Å². The Morgan fingerprint density at radius 3 is 2.89 bits per heavy atom. The maximum absolute atomic E-state index is 4.46. The molecule has 0 aliphatic heterocycles. The van der Waals surface area contributed by atoms with Gasteiger partial charge in [0.2, 0.25) is 0 Å². The van der Waals surface area contributed by atoms with Gasteiger partial charge in [0, 0.05) is 38.6 Å². The number of likely N-dealkylation sites (N-methyl/N-ethyl adjacent to an activating group) is 2. The molecule has 0 atom stereocenters. The van der Waals surface area contributed by atoms with Gasteiger partial charge in [0.15, 0.2) is 0 Å². The highest BCUT2D eigenvalue weighted by molar-refractivity contribution is 5.58. The van der Waals surface area contributed by atoms with Gasteiger partial charge in [-0.1, -0.05) is 0 Å². The first-order chi connectivity index (χ1) is 9.19. The Morgan fingerprint density at radius 2 is 2.21 bits per heavy atom. The molecule has 2 aromatic rings. The summed E-state index contributed by atoms with van der Waals surface area (Å²) in [6.07, 6.45) is 3.76. The van der Waals surface area contributed by atoms with Crippen LogP contribution in [0.25, 0.3) is 0 Å². The van der Waals surface area contributed by atoms with Crippen LogP contribution in [0, 0.1) is 6.92 Å². The number of anilines is 3. The van der Waals surface area contributed by atoms with Crippen LogP contribution in [0.1, 0.15) is 5.82 Å². The summed E-state index contributed by atoms with van der Waals surface area (Å²) in [6, 6.07) is 3.91. The highest BCUT2D eigenvalue weighted by Gasteiger charge is 2.06. The molecule has 6 nitrogen and oxygen atoms in total. The standard InChI is InChI=1S/C13H20N6/c1-10-16-12(18-11-4-5-15-9-11)8-13(17-10)19(3)7-6-14-2/h4-5,8-9,14-15H,6-7H2,1-3H3,(H,16,17,18). The summed E-state index contributed by atoms with van der Waals surface area (Å²) in [5.41, 5.74) is 0.988. The van der Waals surface area contributed by atoms with Crippen LogP contribution in [0.15, 0.2) is 24.5 Å². The molecule has 6 heteroatoms. The summed E-state index contributed by atoms with van der Waals surface area (Å²) in [7, 11) is 3.97. The molecular weight excluding hydrogens is 240 g/mol. The van der Waals surface area contributed by atoms with Gasteiger partial charge in [-0.3, -0.25) is 0 Å². The minimum absolute atomic E-state index is 0.756. The maximum Gasteiger partial charge on any atom is 0.136 e. The number of aryl methyl sites for hydroxylation is 1. The number of rotatable bonds is 6. The number of nitrogens with one attached hydrogen (secondary N) is 3. The number of nitrogens with zero attached hydrogens (tertiary/aromatic N) is 3. The van der Waals surface area contributed by atoms with Crippen molar-refractivity contribution >= 4 is 17.3 Å². The molecule has 0 unspecified atom stereocenters. The molecular formula is C13H20N6. The van der Waals surface area contributed by atoms with E-state index in [1.54, 1.807) is 0 Å². The predicted octanol–water partition coefficient (Wildman–Crippen LogP) is 1.51. The van der Waals surface area contributed by atoms with Crippen molar-refractivity contribution < 1.29 is 0 Å². The summed E-state index contributed by atoms with van der Waals surface area (Å²) in [6.45, 7) is 3.72. The first-order valence-corrected chi connectivity index (χ1v) is 6.30. The van der Waals surface area contributed by atoms with E-state index < -0.39 is 0 Å².